The van der Waals surface area contributed by atoms with Crippen molar-refractivity contribution >= 4 is 11.6 Å². The lowest BCUT2D eigenvalue weighted by molar-refractivity contribution is 0.252. The van der Waals surface area contributed by atoms with Crippen molar-refractivity contribution < 1.29 is 5.11 Å². The fourth-order valence-corrected chi connectivity index (χ4v) is 0. The zero-order valence-corrected chi connectivity index (χ0v) is 3.92. The standard InChI is InChI=1S/C3H7ClO/c1-2-3(4)5/h3,5H,2H2,1H3/p+1. The van der Waals surface area contributed by atoms with Crippen molar-refractivity contribution in [2.75, 3.05) is 0 Å². The monoisotopic (exact) mass is 95.0 g/mol. The van der Waals surface area contributed by atoms with Crippen LogP contribution in [-0.2, 0) is 0 Å². The van der Waals surface area contributed by atoms with Crippen LogP contribution in [0.5, 0.6) is 0 Å². The van der Waals surface area contributed by atoms with Gasteiger partial charge in [0.25, 0.3) is 0 Å². The molecule has 0 radical (unpaired) electrons. The van der Waals surface area contributed by atoms with E-state index in [1.165, 1.54) is 0 Å². The van der Waals surface area contributed by atoms with Crippen molar-refractivity contribution in [1.29, 1.82) is 0 Å². The SMILES string of the molecule is CCC([OH2+])Cl. The molecule has 0 amide bonds. The summed E-state index contributed by atoms with van der Waals surface area (Å²) in [5.74, 6) is 0. The third-order valence-corrected chi connectivity index (χ3v) is 0.667. The average Bonchev–Trinajstić information content (AvgIpc) is 1.38. The van der Waals surface area contributed by atoms with E-state index in [1.807, 2.05) is 6.92 Å². The van der Waals surface area contributed by atoms with Crippen LogP contribution in [-0.4, -0.2) is 10.7 Å². The van der Waals surface area contributed by atoms with Crippen LogP contribution in [0, 0.1) is 0 Å². The molecule has 1 unspecified atom stereocenters. The minimum Gasteiger partial charge on any atom is -0.431 e. The number of alkyl halides is 1. The Labute approximate surface area is 36.6 Å². The Morgan fingerprint density at radius 2 is 2.20 bits per heavy atom. The van der Waals surface area contributed by atoms with Crippen molar-refractivity contribution in [3.63, 3.8) is 0 Å². The summed E-state index contributed by atoms with van der Waals surface area (Å²) in [4.78, 5) is 0. The maximum atomic E-state index is 6.59. The molecule has 0 aliphatic carbocycles. The second-order valence-electron chi connectivity index (χ2n) is 0.876. The highest BCUT2D eigenvalue weighted by molar-refractivity contribution is 6.19. The molecule has 2 heteroatoms. The molecule has 5 heavy (non-hydrogen) atoms. The van der Waals surface area contributed by atoms with E-state index in [1.54, 1.807) is 0 Å². The van der Waals surface area contributed by atoms with Crippen LogP contribution in [0.2, 0.25) is 0 Å². The van der Waals surface area contributed by atoms with Gasteiger partial charge in [0.15, 0.2) is 0 Å². The molecule has 0 aromatic heterocycles. The third kappa shape index (κ3) is 4.25. The Morgan fingerprint density at radius 1 is 2.00 bits per heavy atom. The first-order chi connectivity index (χ1) is 2.27. The Morgan fingerprint density at radius 3 is 2.20 bits per heavy atom. The molecule has 1 nitrogen and oxygen atoms in total. The summed E-state index contributed by atoms with van der Waals surface area (Å²) in [6.45, 7) is 1.88. The minimum absolute atomic E-state index is 0.394. The fraction of sp³-hybridized carbons (Fsp3) is 1.00. The smallest absolute Gasteiger partial charge is 0.230 e. The summed E-state index contributed by atoms with van der Waals surface area (Å²) < 4.78 is 0. The second-order valence-corrected chi connectivity index (χ2v) is 1.40. The molecule has 0 fully saturated rings. The fourth-order valence-electron chi connectivity index (χ4n) is 0. The number of hydrogen-bond donors (Lipinski definition) is 0. The van der Waals surface area contributed by atoms with Crippen molar-refractivity contribution in [2.24, 2.45) is 0 Å². The summed E-state index contributed by atoms with van der Waals surface area (Å²) in [5.41, 5.74) is -0.394. The first-order valence-corrected chi connectivity index (χ1v) is 2.06. The van der Waals surface area contributed by atoms with Crippen LogP contribution in [0.15, 0.2) is 0 Å². The van der Waals surface area contributed by atoms with Gasteiger partial charge in [0.1, 0.15) is 0 Å². The molecule has 0 aliphatic rings. The van der Waals surface area contributed by atoms with E-state index in [9.17, 15) is 0 Å². The largest absolute Gasteiger partial charge is 0.431 e. The second kappa shape index (κ2) is 2.49. The lowest BCUT2D eigenvalue weighted by Crippen LogP contribution is -1.88. The molecule has 0 rings (SSSR count). The van der Waals surface area contributed by atoms with Gasteiger partial charge in [-0.05, 0) is 11.6 Å². The van der Waals surface area contributed by atoms with Crippen LogP contribution in [0.3, 0.4) is 0 Å². The highest BCUT2D eigenvalue weighted by Crippen LogP contribution is 1.91. The van der Waals surface area contributed by atoms with Crippen LogP contribution in [0.25, 0.3) is 0 Å². The van der Waals surface area contributed by atoms with E-state index >= 15 is 0 Å². The van der Waals surface area contributed by atoms with Gasteiger partial charge in [0, 0.05) is 6.42 Å². The average molecular weight is 95.5 g/mol. The topological polar surface area (TPSA) is 22.9 Å². The van der Waals surface area contributed by atoms with E-state index in [4.69, 9.17) is 16.7 Å². The summed E-state index contributed by atoms with van der Waals surface area (Å²) >= 11 is 5.13. The van der Waals surface area contributed by atoms with Gasteiger partial charge in [0.2, 0.25) is 5.56 Å². The van der Waals surface area contributed by atoms with E-state index < -0.39 is 5.56 Å². The van der Waals surface area contributed by atoms with Gasteiger partial charge >= 0.3 is 0 Å². The zero-order chi connectivity index (χ0) is 4.28. The molecule has 0 heterocycles. The Bertz CT molecular complexity index is 20.9. The van der Waals surface area contributed by atoms with Crippen LogP contribution >= 0.6 is 11.6 Å². The molecule has 0 spiro atoms. The molecule has 0 aromatic carbocycles. The third-order valence-electron chi connectivity index (χ3n) is 0.358. The highest BCUT2D eigenvalue weighted by atomic mass is 35.5. The van der Waals surface area contributed by atoms with Crippen LogP contribution in [0.4, 0.5) is 0 Å². The predicted octanol–water partition coefficient (Wildman–Crippen LogP) is 0.686. The highest BCUT2D eigenvalue weighted by Gasteiger charge is 1.91. The quantitative estimate of drug-likeness (QED) is 0.338. The van der Waals surface area contributed by atoms with Gasteiger partial charge in [-0.2, -0.15) is 0 Å². The van der Waals surface area contributed by atoms with Gasteiger partial charge in [-0.25, -0.2) is 0 Å². The predicted molar refractivity (Wildman–Crippen MR) is 23.5 cm³/mol. The lowest BCUT2D eigenvalue weighted by atomic mass is 10.5. The molecule has 2 N–H and O–H groups in total. The summed E-state index contributed by atoms with van der Waals surface area (Å²) in [6, 6.07) is 0. The van der Waals surface area contributed by atoms with E-state index in [0.29, 0.717) is 0 Å². The Balaban J connectivity index is 2.54. The van der Waals surface area contributed by atoms with Crippen LogP contribution < -0.4 is 0 Å². The number of hydrogen-bond acceptors (Lipinski definition) is 0. The van der Waals surface area contributed by atoms with E-state index in [-0.39, 0.29) is 0 Å². The van der Waals surface area contributed by atoms with Crippen LogP contribution in [0.1, 0.15) is 13.3 Å². The zero-order valence-electron chi connectivity index (χ0n) is 3.16. The maximum absolute atomic E-state index is 6.59. The van der Waals surface area contributed by atoms with E-state index in [2.05, 4.69) is 0 Å². The van der Waals surface area contributed by atoms with Crippen molar-refractivity contribution in [3.05, 3.63) is 0 Å². The van der Waals surface area contributed by atoms with Crippen molar-refractivity contribution in [3.8, 4) is 0 Å². The van der Waals surface area contributed by atoms with Crippen molar-refractivity contribution in [2.45, 2.75) is 18.9 Å². The number of halogens is 1. The minimum atomic E-state index is -0.394. The lowest BCUT2D eigenvalue weighted by Gasteiger charge is -1.82. The normalized spacial score (nSPS) is 15.0. The van der Waals surface area contributed by atoms with Gasteiger partial charge in [-0.1, -0.05) is 6.92 Å². The van der Waals surface area contributed by atoms with Gasteiger partial charge in [0.05, 0.1) is 0 Å². The molecule has 0 saturated carbocycles. The molecule has 0 aromatic rings. The number of rotatable bonds is 1. The Hall–Kier alpha value is 0.250. The molecular formula is C3H8ClO+. The molecular weight excluding hydrogens is 87.5 g/mol. The molecule has 0 bridgehead atoms. The summed E-state index contributed by atoms with van der Waals surface area (Å²) in [5, 5.41) is 6.59. The maximum Gasteiger partial charge on any atom is 0.230 e. The summed E-state index contributed by atoms with van der Waals surface area (Å²) in [6.07, 6.45) is 0.738. The molecule has 0 saturated heterocycles. The van der Waals surface area contributed by atoms with E-state index in [0.717, 1.165) is 6.42 Å². The first kappa shape index (κ1) is 5.25. The molecule has 0 aliphatic heterocycles. The van der Waals surface area contributed by atoms with Gasteiger partial charge < -0.3 is 5.11 Å². The Kier molecular flexibility index (Phi) is 2.61. The van der Waals surface area contributed by atoms with Gasteiger partial charge in [-0.15, -0.1) is 0 Å². The van der Waals surface area contributed by atoms with Gasteiger partial charge in [-0.3, -0.25) is 0 Å². The molecule has 32 valence electrons. The summed E-state index contributed by atoms with van der Waals surface area (Å²) in [7, 11) is 0. The first-order valence-electron chi connectivity index (χ1n) is 1.62. The van der Waals surface area contributed by atoms with Crippen molar-refractivity contribution in [1.82, 2.24) is 0 Å². The molecule has 1 atom stereocenters.